The van der Waals surface area contributed by atoms with E-state index in [-0.39, 0.29) is 11.6 Å². The molecule has 0 radical (unpaired) electrons. The molecule has 2 atom stereocenters. The van der Waals surface area contributed by atoms with Gasteiger partial charge in [-0.15, -0.1) is 5.10 Å². The van der Waals surface area contributed by atoms with Crippen LogP contribution in [0.25, 0.3) is 0 Å². The summed E-state index contributed by atoms with van der Waals surface area (Å²) >= 11 is 0. The molecule has 0 saturated heterocycles. The average Bonchev–Trinajstić information content (AvgIpc) is 2.66. The van der Waals surface area contributed by atoms with E-state index in [4.69, 9.17) is 10.6 Å². The first-order valence-electron chi connectivity index (χ1n) is 4.95. The van der Waals surface area contributed by atoms with Crippen LogP contribution in [0.5, 0.6) is 0 Å². The van der Waals surface area contributed by atoms with Crippen molar-refractivity contribution < 1.29 is 4.74 Å². The van der Waals surface area contributed by atoms with E-state index in [1.165, 1.54) is 0 Å². The van der Waals surface area contributed by atoms with E-state index in [9.17, 15) is 0 Å². The Balaban J connectivity index is 3.03. The fourth-order valence-electron chi connectivity index (χ4n) is 1.60. The highest BCUT2D eigenvalue weighted by Crippen LogP contribution is 2.30. The van der Waals surface area contributed by atoms with Crippen molar-refractivity contribution in [3.63, 3.8) is 0 Å². The van der Waals surface area contributed by atoms with E-state index >= 15 is 0 Å². The molecule has 0 aliphatic rings. The number of nitrogens with zero attached hydrogens (tertiary/aromatic N) is 3. The molecule has 0 saturated carbocycles. The van der Waals surface area contributed by atoms with Crippen LogP contribution in [0, 0.1) is 0 Å². The largest absolute Gasteiger partial charge is 0.376 e. The van der Waals surface area contributed by atoms with Crippen LogP contribution < -0.4 is 11.3 Å². The molecular formula is C9H19N5O. The molecule has 6 heteroatoms. The van der Waals surface area contributed by atoms with Gasteiger partial charge in [0.1, 0.15) is 0 Å². The van der Waals surface area contributed by atoms with Crippen molar-refractivity contribution in [1.82, 2.24) is 20.4 Å². The maximum Gasteiger partial charge on any atom is 0.0931 e. The summed E-state index contributed by atoms with van der Waals surface area (Å²) < 4.78 is 7.20. The van der Waals surface area contributed by atoms with Crippen molar-refractivity contribution in [2.45, 2.75) is 31.9 Å². The number of hydrogen-bond acceptors (Lipinski definition) is 5. The Labute approximate surface area is 89.8 Å². The Morgan fingerprint density at radius 1 is 1.73 bits per heavy atom. The fraction of sp³-hybridized carbons (Fsp3) is 0.778. The number of methoxy groups -OCH3 is 1. The maximum absolute atomic E-state index is 5.57. The first kappa shape index (κ1) is 12.1. The second-order valence-electron chi connectivity index (χ2n) is 3.75. The van der Waals surface area contributed by atoms with E-state index in [0.29, 0.717) is 0 Å². The van der Waals surface area contributed by atoms with Crippen molar-refractivity contribution in [3.8, 4) is 0 Å². The lowest BCUT2D eigenvalue weighted by Crippen LogP contribution is -2.46. The van der Waals surface area contributed by atoms with Gasteiger partial charge in [0.25, 0.3) is 0 Å². The molecule has 3 N–H and O–H groups in total. The lowest BCUT2D eigenvalue weighted by Gasteiger charge is -2.34. The second kappa shape index (κ2) is 4.69. The van der Waals surface area contributed by atoms with E-state index in [0.717, 1.165) is 12.1 Å². The average molecular weight is 213 g/mol. The monoisotopic (exact) mass is 213 g/mol. The summed E-state index contributed by atoms with van der Waals surface area (Å²) in [6, 6.07) is -0.132. The Kier molecular flexibility index (Phi) is 3.78. The second-order valence-corrected chi connectivity index (χ2v) is 3.75. The van der Waals surface area contributed by atoms with Crippen molar-refractivity contribution in [3.05, 3.63) is 11.9 Å². The van der Waals surface area contributed by atoms with Crippen LogP contribution in [0.2, 0.25) is 0 Å². The van der Waals surface area contributed by atoms with Gasteiger partial charge >= 0.3 is 0 Å². The number of nitrogens with two attached hydrogens (primary N) is 1. The molecule has 1 aromatic heterocycles. The first-order valence-corrected chi connectivity index (χ1v) is 4.95. The van der Waals surface area contributed by atoms with Crippen LogP contribution in [-0.4, -0.2) is 27.7 Å². The smallest absolute Gasteiger partial charge is 0.0931 e. The first-order chi connectivity index (χ1) is 7.09. The van der Waals surface area contributed by atoms with E-state index in [1.54, 1.807) is 18.0 Å². The highest BCUT2D eigenvalue weighted by molar-refractivity contribution is 5.08. The molecule has 0 amide bonds. The van der Waals surface area contributed by atoms with Gasteiger partial charge in [-0.1, -0.05) is 12.1 Å². The van der Waals surface area contributed by atoms with Gasteiger partial charge in [0, 0.05) is 14.2 Å². The van der Waals surface area contributed by atoms with Gasteiger partial charge in [0.15, 0.2) is 0 Å². The molecule has 1 heterocycles. The Morgan fingerprint density at radius 2 is 2.40 bits per heavy atom. The number of nitrogens with one attached hydrogen (secondary N) is 1. The van der Waals surface area contributed by atoms with Crippen LogP contribution in [0.15, 0.2) is 6.20 Å². The number of ether oxygens (including phenoxy) is 1. The normalized spacial score (nSPS) is 17.4. The summed E-state index contributed by atoms with van der Waals surface area (Å²) in [4.78, 5) is 0. The molecule has 0 spiro atoms. The molecule has 2 unspecified atom stereocenters. The van der Waals surface area contributed by atoms with Crippen molar-refractivity contribution in [2.75, 3.05) is 7.11 Å². The minimum atomic E-state index is -0.371. The summed E-state index contributed by atoms with van der Waals surface area (Å²) in [5, 5.41) is 7.72. The van der Waals surface area contributed by atoms with Gasteiger partial charge in [0.2, 0.25) is 0 Å². The Bertz CT molecular complexity index is 307. The van der Waals surface area contributed by atoms with Gasteiger partial charge in [-0.3, -0.25) is 10.5 Å². The molecule has 0 aliphatic heterocycles. The summed E-state index contributed by atoms with van der Waals surface area (Å²) in [6.07, 6.45) is 2.53. The number of aromatic nitrogens is 3. The summed E-state index contributed by atoms with van der Waals surface area (Å²) in [5.74, 6) is 5.57. The quantitative estimate of drug-likeness (QED) is 0.537. The zero-order valence-corrected chi connectivity index (χ0v) is 9.69. The minimum Gasteiger partial charge on any atom is -0.376 e. The van der Waals surface area contributed by atoms with Gasteiger partial charge in [-0.05, 0) is 13.3 Å². The predicted octanol–water partition coefficient (Wildman–Crippen LogP) is 0.135. The third-order valence-corrected chi connectivity index (χ3v) is 2.99. The van der Waals surface area contributed by atoms with Gasteiger partial charge in [-0.2, -0.15) is 0 Å². The topological polar surface area (TPSA) is 78.0 Å². The molecule has 0 bridgehead atoms. The van der Waals surface area contributed by atoms with Crippen LogP contribution in [0.1, 0.15) is 32.0 Å². The van der Waals surface area contributed by atoms with E-state index in [1.807, 2.05) is 14.0 Å². The predicted molar refractivity (Wildman–Crippen MR) is 56.8 cm³/mol. The number of rotatable bonds is 5. The van der Waals surface area contributed by atoms with Crippen LogP contribution >= 0.6 is 0 Å². The molecule has 0 aromatic carbocycles. The summed E-state index contributed by atoms with van der Waals surface area (Å²) in [5.41, 5.74) is 3.30. The van der Waals surface area contributed by atoms with Crippen LogP contribution in [0.3, 0.4) is 0 Å². The van der Waals surface area contributed by atoms with Crippen LogP contribution in [0.4, 0.5) is 0 Å². The van der Waals surface area contributed by atoms with Crippen molar-refractivity contribution in [2.24, 2.45) is 12.9 Å². The number of aryl methyl sites for hydroxylation is 1. The SMILES string of the molecule is CCC(C)(OC)C(NN)c1cnnn1C. The summed E-state index contributed by atoms with van der Waals surface area (Å²) in [6.45, 7) is 4.06. The molecule has 0 aliphatic carbocycles. The van der Waals surface area contributed by atoms with Gasteiger partial charge in [0.05, 0.1) is 23.5 Å². The Hall–Kier alpha value is -0.980. The Morgan fingerprint density at radius 3 is 2.73 bits per heavy atom. The number of hydrogen-bond donors (Lipinski definition) is 2. The molecular weight excluding hydrogens is 194 g/mol. The van der Waals surface area contributed by atoms with E-state index in [2.05, 4.69) is 22.7 Å². The lowest BCUT2D eigenvalue weighted by atomic mass is 9.91. The third-order valence-electron chi connectivity index (χ3n) is 2.99. The standard InChI is InChI=1S/C9H19N5O/c1-5-9(2,15-4)8(12-10)7-6-11-13-14(7)3/h6,8,12H,5,10H2,1-4H3. The van der Waals surface area contributed by atoms with Crippen molar-refractivity contribution >= 4 is 0 Å². The highest BCUT2D eigenvalue weighted by atomic mass is 16.5. The summed E-state index contributed by atoms with van der Waals surface area (Å²) in [7, 11) is 3.51. The van der Waals surface area contributed by atoms with E-state index < -0.39 is 0 Å². The molecule has 6 nitrogen and oxygen atoms in total. The van der Waals surface area contributed by atoms with Crippen molar-refractivity contribution in [1.29, 1.82) is 0 Å². The van der Waals surface area contributed by atoms with Crippen LogP contribution in [-0.2, 0) is 11.8 Å². The maximum atomic E-state index is 5.57. The zero-order chi connectivity index (χ0) is 11.5. The lowest BCUT2D eigenvalue weighted by molar-refractivity contribution is -0.0320. The highest BCUT2D eigenvalue weighted by Gasteiger charge is 2.35. The minimum absolute atomic E-state index is 0.132. The zero-order valence-electron chi connectivity index (χ0n) is 9.69. The van der Waals surface area contributed by atoms with Gasteiger partial charge in [-0.25, -0.2) is 5.43 Å². The number of hydrazine groups is 1. The third kappa shape index (κ3) is 2.17. The molecule has 1 rings (SSSR count). The molecule has 86 valence electrons. The molecule has 0 fully saturated rings. The fourth-order valence-corrected chi connectivity index (χ4v) is 1.60. The molecule has 15 heavy (non-hydrogen) atoms. The molecule has 1 aromatic rings. The van der Waals surface area contributed by atoms with Gasteiger partial charge < -0.3 is 4.74 Å².